The molecule has 0 amide bonds. The Hall–Kier alpha value is -2.75. The second kappa shape index (κ2) is 13.9. The number of nitrogens with zero attached hydrogens (tertiary/aromatic N) is 1. The quantitative estimate of drug-likeness (QED) is 0.289. The average molecular weight is 559 g/mol. The molecule has 1 fully saturated rings. The summed E-state index contributed by atoms with van der Waals surface area (Å²) >= 11 is 0. The van der Waals surface area contributed by atoms with Crippen molar-refractivity contribution in [2.45, 2.75) is 30.4 Å². The number of sulfone groups is 1. The summed E-state index contributed by atoms with van der Waals surface area (Å²) in [5.41, 5.74) is 2.60. The van der Waals surface area contributed by atoms with Crippen molar-refractivity contribution in [1.82, 2.24) is 10.2 Å². The molecular formula is C29H35ClN2O5S. The highest BCUT2D eigenvalue weighted by Gasteiger charge is 2.28. The normalized spacial score (nSPS) is 17.9. The molecule has 9 heteroatoms. The number of likely N-dealkylation sites (tertiary alicyclic amines) is 1. The number of carbonyl (C=O) groups excluding carboxylic acids is 1. The Bertz CT molecular complexity index is 1290. The van der Waals surface area contributed by atoms with Gasteiger partial charge in [0.1, 0.15) is 5.75 Å². The van der Waals surface area contributed by atoms with Crippen molar-refractivity contribution in [3.05, 3.63) is 95.6 Å². The van der Waals surface area contributed by atoms with E-state index in [0.717, 1.165) is 24.9 Å². The number of benzene rings is 3. The van der Waals surface area contributed by atoms with Crippen LogP contribution in [0.5, 0.6) is 5.75 Å². The number of nitrogens with one attached hydrogen (secondary N) is 1. The molecule has 0 unspecified atom stereocenters. The zero-order valence-electron chi connectivity index (χ0n) is 21.5. The van der Waals surface area contributed by atoms with Gasteiger partial charge in [0.05, 0.1) is 22.3 Å². The smallest absolute Gasteiger partial charge is 0.343 e. The van der Waals surface area contributed by atoms with Crippen LogP contribution in [0, 0.1) is 5.92 Å². The van der Waals surface area contributed by atoms with Crippen LogP contribution in [0.1, 0.15) is 27.9 Å². The van der Waals surface area contributed by atoms with Crippen LogP contribution in [-0.2, 0) is 22.8 Å². The maximum Gasteiger partial charge on any atom is 0.343 e. The maximum atomic E-state index is 12.9. The van der Waals surface area contributed by atoms with Crippen LogP contribution >= 0.6 is 12.4 Å². The first-order chi connectivity index (χ1) is 17.8. The molecule has 1 heterocycles. The van der Waals surface area contributed by atoms with Gasteiger partial charge in [-0.25, -0.2) is 13.2 Å². The van der Waals surface area contributed by atoms with Gasteiger partial charge < -0.3 is 15.2 Å². The van der Waals surface area contributed by atoms with Gasteiger partial charge in [0.2, 0.25) is 0 Å². The lowest BCUT2D eigenvalue weighted by Crippen LogP contribution is -2.46. The average Bonchev–Trinajstić information content (AvgIpc) is 2.90. The third-order valence-corrected chi connectivity index (χ3v) is 8.47. The maximum absolute atomic E-state index is 12.9. The Morgan fingerprint density at radius 3 is 2.42 bits per heavy atom. The Morgan fingerprint density at radius 2 is 1.74 bits per heavy atom. The first kappa shape index (κ1) is 29.8. The summed E-state index contributed by atoms with van der Waals surface area (Å²) in [6.45, 7) is 2.22. The molecule has 0 bridgehead atoms. The zero-order chi connectivity index (χ0) is 26.3. The minimum absolute atomic E-state index is 0. The molecule has 0 radical (unpaired) electrons. The van der Waals surface area contributed by atoms with Gasteiger partial charge in [-0.2, -0.15) is 0 Å². The van der Waals surface area contributed by atoms with E-state index in [2.05, 4.69) is 17.4 Å². The van der Waals surface area contributed by atoms with Crippen molar-refractivity contribution in [3.63, 3.8) is 0 Å². The molecule has 2 atom stereocenters. The van der Waals surface area contributed by atoms with Crippen LogP contribution in [0.3, 0.4) is 0 Å². The van der Waals surface area contributed by atoms with Crippen LogP contribution in [0.15, 0.2) is 83.8 Å². The number of aliphatic hydroxyl groups excluding tert-OH is 1. The number of hydrogen-bond acceptors (Lipinski definition) is 7. The second-order valence-electron chi connectivity index (χ2n) is 9.52. The standard InChI is InChI=1S/C29H34N2O5S.ClH/c1-30-20-23-8-5-9-25(19-23)29(33)36-26-10-12-27(13-11-26)37(34,35)17-16-31-15-14-24(28(32)21-31)18-22-6-3-2-4-7-22;/h2-13,19,24,28,30,32H,14-18,20-21H2,1H3;1H/t24-,28-;/m1./s1. The number of rotatable bonds is 10. The number of aliphatic hydroxyl groups is 1. The SMILES string of the molecule is CNCc1cccc(C(=O)Oc2ccc(S(=O)(=O)CCN3CC[C@H](Cc4ccccc4)[C@H](O)C3)cc2)c1.Cl. The van der Waals surface area contributed by atoms with Gasteiger partial charge in [-0.3, -0.25) is 4.90 Å². The van der Waals surface area contributed by atoms with Crippen molar-refractivity contribution in [1.29, 1.82) is 0 Å². The van der Waals surface area contributed by atoms with Crippen LogP contribution < -0.4 is 10.1 Å². The van der Waals surface area contributed by atoms with Crippen LogP contribution in [0.4, 0.5) is 0 Å². The third kappa shape index (κ3) is 8.12. The summed E-state index contributed by atoms with van der Waals surface area (Å²) in [6, 6.07) is 23.2. The van der Waals surface area contributed by atoms with Crippen LogP contribution in [0.2, 0.25) is 0 Å². The zero-order valence-corrected chi connectivity index (χ0v) is 23.1. The number of esters is 1. The molecule has 7 nitrogen and oxygen atoms in total. The second-order valence-corrected chi connectivity index (χ2v) is 11.6. The lowest BCUT2D eigenvalue weighted by atomic mass is 9.88. The molecular weight excluding hydrogens is 524 g/mol. The molecule has 1 aliphatic rings. The fraction of sp³-hybridized carbons (Fsp3) is 0.345. The summed E-state index contributed by atoms with van der Waals surface area (Å²) in [5.74, 6) is -0.0776. The molecule has 4 rings (SSSR count). The largest absolute Gasteiger partial charge is 0.423 e. The van der Waals surface area contributed by atoms with Gasteiger partial charge in [0, 0.05) is 19.6 Å². The highest BCUT2D eigenvalue weighted by Crippen LogP contribution is 2.23. The van der Waals surface area contributed by atoms with E-state index in [-0.39, 0.29) is 34.7 Å². The van der Waals surface area contributed by atoms with E-state index in [0.29, 0.717) is 25.2 Å². The first-order valence-electron chi connectivity index (χ1n) is 12.6. The summed E-state index contributed by atoms with van der Waals surface area (Å²) in [7, 11) is -1.69. The predicted octanol–water partition coefficient (Wildman–Crippen LogP) is 3.75. The Labute approximate surface area is 231 Å². The minimum atomic E-state index is -3.52. The van der Waals surface area contributed by atoms with E-state index < -0.39 is 21.9 Å². The van der Waals surface area contributed by atoms with E-state index in [1.54, 1.807) is 18.2 Å². The molecule has 204 valence electrons. The molecule has 1 aliphatic heterocycles. The minimum Gasteiger partial charge on any atom is -0.423 e. The highest BCUT2D eigenvalue weighted by molar-refractivity contribution is 7.91. The molecule has 3 aromatic carbocycles. The van der Waals surface area contributed by atoms with Crippen molar-refractivity contribution < 1.29 is 23.1 Å². The fourth-order valence-corrected chi connectivity index (χ4v) is 5.95. The van der Waals surface area contributed by atoms with Crippen molar-refractivity contribution in [3.8, 4) is 5.75 Å². The molecule has 1 saturated heterocycles. The molecule has 2 N–H and O–H groups in total. The molecule has 0 spiro atoms. The fourth-order valence-electron chi connectivity index (χ4n) is 4.66. The first-order valence-corrected chi connectivity index (χ1v) is 14.2. The Morgan fingerprint density at radius 1 is 1.03 bits per heavy atom. The molecule has 0 saturated carbocycles. The number of hydrogen-bond donors (Lipinski definition) is 2. The summed E-state index contributed by atoms with van der Waals surface area (Å²) < 4.78 is 31.3. The van der Waals surface area contributed by atoms with Crippen LogP contribution in [-0.4, -0.2) is 62.9 Å². The van der Waals surface area contributed by atoms with Gasteiger partial charge in [-0.15, -0.1) is 12.4 Å². The van der Waals surface area contributed by atoms with E-state index in [4.69, 9.17) is 4.74 Å². The van der Waals surface area contributed by atoms with Crippen molar-refractivity contribution >= 4 is 28.2 Å². The lowest BCUT2D eigenvalue weighted by molar-refractivity contribution is 0.0245. The van der Waals surface area contributed by atoms with Gasteiger partial charge in [-0.05, 0) is 79.9 Å². The van der Waals surface area contributed by atoms with E-state index in [1.807, 2.05) is 36.2 Å². The summed E-state index contributed by atoms with van der Waals surface area (Å²) in [4.78, 5) is 14.7. The number of carbonyl (C=O) groups is 1. The number of piperidine rings is 1. The van der Waals surface area contributed by atoms with Crippen molar-refractivity contribution in [2.75, 3.05) is 32.4 Å². The third-order valence-electron chi connectivity index (χ3n) is 6.76. The number of halogens is 1. The molecule has 38 heavy (non-hydrogen) atoms. The van der Waals surface area contributed by atoms with E-state index >= 15 is 0 Å². The molecule has 0 aromatic heterocycles. The monoisotopic (exact) mass is 558 g/mol. The topological polar surface area (TPSA) is 95.9 Å². The number of ether oxygens (including phenoxy) is 1. The molecule has 0 aliphatic carbocycles. The van der Waals surface area contributed by atoms with Gasteiger partial charge >= 0.3 is 5.97 Å². The van der Waals surface area contributed by atoms with Gasteiger partial charge in [0.25, 0.3) is 0 Å². The Kier molecular flexibility index (Phi) is 10.9. The predicted molar refractivity (Wildman–Crippen MR) is 151 cm³/mol. The van der Waals surface area contributed by atoms with Gasteiger partial charge in [-0.1, -0.05) is 42.5 Å². The van der Waals surface area contributed by atoms with Crippen LogP contribution in [0.25, 0.3) is 0 Å². The van der Waals surface area contributed by atoms with Gasteiger partial charge in [0.15, 0.2) is 9.84 Å². The number of β-amino-alcohol motifs (C(OH)–C–C–N with tert-alkyl or cyclic N) is 1. The Balaban J connectivity index is 0.00000400. The summed E-state index contributed by atoms with van der Waals surface area (Å²) in [5, 5.41) is 13.7. The van der Waals surface area contributed by atoms with E-state index in [1.165, 1.54) is 29.8 Å². The van der Waals surface area contributed by atoms with E-state index in [9.17, 15) is 18.3 Å². The molecule has 3 aromatic rings. The summed E-state index contributed by atoms with van der Waals surface area (Å²) in [6.07, 6.45) is 1.17. The highest BCUT2D eigenvalue weighted by atomic mass is 35.5. The lowest BCUT2D eigenvalue weighted by Gasteiger charge is -2.36. The van der Waals surface area contributed by atoms with Crippen molar-refractivity contribution in [2.24, 2.45) is 5.92 Å².